The number of rotatable bonds is 6. The Morgan fingerprint density at radius 3 is 2.54 bits per heavy atom. The number of nitrogens with one attached hydrogen (secondary N) is 2. The van der Waals surface area contributed by atoms with Crippen molar-refractivity contribution in [3.05, 3.63) is 47.8 Å². The van der Waals surface area contributed by atoms with Crippen LogP contribution in [0.4, 0.5) is 5.95 Å². The van der Waals surface area contributed by atoms with Gasteiger partial charge >= 0.3 is 0 Å². The van der Waals surface area contributed by atoms with E-state index in [0.29, 0.717) is 18.2 Å². The average Bonchev–Trinajstić information content (AvgIpc) is 2.95. The molecule has 0 bridgehead atoms. The molecule has 6 heteroatoms. The maximum absolute atomic E-state index is 12.5. The van der Waals surface area contributed by atoms with E-state index in [1.165, 1.54) is 25.7 Å². The quantitative estimate of drug-likeness (QED) is 0.776. The maximum Gasteiger partial charge on any atom is 0.270 e. The zero-order valence-electron chi connectivity index (χ0n) is 15.2. The van der Waals surface area contributed by atoms with Crippen molar-refractivity contribution < 1.29 is 9.53 Å². The van der Waals surface area contributed by atoms with E-state index in [-0.39, 0.29) is 11.9 Å². The van der Waals surface area contributed by atoms with Gasteiger partial charge in [0.05, 0.1) is 7.11 Å². The number of benzene rings is 1. The summed E-state index contributed by atoms with van der Waals surface area (Å²) in [5, 5.41) is 6.28. The van der Waals surface area contributed by atoms with Gasteiger partial charge in [0.25, 0.3) is 5.91 Å². The van der Waals surface area contributed by atoms with Crippen LogP contribution in [0.1, 0.15) is 54.6 Å². The summed E-state index contributed by atoms with van der Waals surface area (Å²) in [5.41, 5.74) is 1.49. The van der Waals surface area contributed by atoms with Gasteiger partial charge in [-0.25, -0.2) is 9.97 Å². The van der Waals surface area contributed by atoms with Crippen molar-refractivity contribution in [3.63, 3.8) is 0 Å². The normalized spacial score (nSPS) is 15.1. The molecule has 3 rings (SSSR count). The molecule has 1 aromatic heterocycles. The molecular weight excluding hydrogens is 328 g/mol. The summed E-state index contributed by atoms with van der Waals surface area (Å²) in [6, 6.07) is 9.70. The molecule has 1 aliphatic carbocycles. The van der Waals surface area contributed by atoms with Gasteiger partial charge in [-0.15, -0.1) is 0 Å². The molecule has 0 saturated heterocycles. The molecule has 0 radical (unpaired) electrons. The summed E-state index contributed by atoms with van der Waals surface area (Å²) in [6.45, 7) is 0.581. The van der Waals surface area contributed by atoms with Crippen LogP contribution in [-0.2, 0) is 6.54 Å². The Bertz CT molecular complexity index is 710. The summed E-state index contributed by atoms with van der Waals surface area (Å²) in [4.78, 5) is 21.0. The van der Waals surface area contributed by atoms with Gasteiger partial charge in [-0.1, -0.05) is 37.8 Å². The van der Waals surface area contributed by atoms with E-state index in [2.05, 4.69) is 20.6 Å². The molecule has 6 nitrogen and oxygen atoms in total. The van der Waals surface area contributed by atoms with Gasteiger partial charge in [0, 0.05) is 18.8 Å². The van der Waals surface area contributed by atoms with Crippen molar-refractivity contribution in [2.24, 2.45) is 0 Å². The number of aromatic nitrogens is 2. The standard InChI is InChI=1S/C20H26N4O2/c1-26-17-10-8-15(9-11-17)14-22-20-21-13-12-18(24-20)19(25)23-16-6-4-2-3-5-7-16/h8-13,16H,2-7,14H2,1H3,(H,23,25)(H,21,22,24). The Labute approximate surface area is 154 Å². The Morgan fingerprint density at radius 2 is 1.85 bits per heavy atom. The van der Waals surface area contributed by atoms with Gasteiger partial charge < -0.3 is 15.4 Å². The van der Waals surface area contributed by atoms with Crippen LogP contribution in [0.25, 0.3) is 0 Å². The highest BCUT2D eigenvalue weighted by molar-refractivity contribution is 5.92. The van der Waals surface area contributed by atoms with Crippen LogP contribution in [0.15, 0.2) is 36.5 Å². The van der Waals surface area contributed by atoms with Gasteiger partial charge in [-0.2, -0.15) is 0 Å². The third kappa shape index (κ3) is 5.18. The van der Waals surface area contributed by atoms with E-state index in [9.17, 15) is 4.79 Å². The molecule has 2 aromatic rings. The highest BCUT2D eigenvalue weighted by Crippen LogP contribution is 2.17. The van der Waals surface area contributed by atoms with Crippen molar-refractivity contribution in [1.82, 2.24) is 15.3 Å². The molecule has 138 valence electrons. The van der Waals surface area contributed by atoms with Gasteiger partial charge in [-0.05, 0) is 36.6 Å². The van der Waals surface area contributed by atoms with Gasteiger partial charge in [0.15, 0.2) is 0 Å². The van der Waals surface area contributed by atoms with E-state index < -0.39 is 0 Å². The Hall–Kier alpha value is -2.63. The van der Waals surface area contributed by atoms with Gasteiger partial charge in [0.1, 0.15) is 11.4 Å². The lowest BCUT2D eigenvalue weighted by molar-refractivity contribution is 0.0928. The van der Waals surface area contributed by atoms with Crippen LogP contribution in [0.5, 0.6) is 5.75 Å². The minimum Gasteiger partial charge on any atom is -0.497 e. The fraction of sp³-hybridized carbons (Fsp3) is 0.450. The van der Waals surface area contributed by atoms with Crippen LogP contribution in [0.2, 0.25) is 0 Å². The second kappa shape index (κ2) is 9.17. The number of nitrogens with zero attached hydrogens (tertiary/aromatic N) is 2. The van der Waals surface area contributed by atoms with E-state index in [1.54, 1.807) is 19.4 Å². The monoisotopic (exact) mass is 354 g/mol. The largest absolute Gasteiger partial charge is 0.497 e. The zero-order chi connectivity index (χ0) is 18.2. The lowest BCUT2D eigenvalue weighted by atomic mass is 10.1. The van der Waals surface area contributed by atoms with Crippen molar-refractivity contribution >= 4 is 11.9 Å². The molecule has 1 aromatic carbocycles. The number of methoxy groups -OCH3 is 1. The van der Waals surface area contributed by atoms with Crippen LogP contribution in [-0.4, -0.2) is 29.0 Å². The number of carbonyl (C=O) groups excluding carboxylic acids is 1. The molecule has 1 fully saturated rings. The average molecular weight is 354 g/mol. The predicted octanol–water partition coefficient (Wildman–Crippen LogP) is 3.55. The number of hydrogen-bond acceptors (Lipinski definition) is 5. The Balaban J connectivity index is 1.57. The minimum atomic E-state index is -0.119. The molecule has 1 amide bonds. The smallest absolute Gasteiger partial charge is 0.270 e. The SMILES string of the molecule is COc1ccc(CNc2nccc(C(=O)NC3CCCCCC3)n2)cc1. The topological polar surface area (TPSA) is 76.1 Å². The van der Waals surface area contributed by atoms with Gasteiger partial charge in [0.2, 0.25) is 5.95 Å². The van der Waals surface area contributed by atoms with Gasteiger partial charge in [-0.3, -0.25) is 4.79 Å². The van der Waals surface area contributed by atoms with E-state index in [0.717, 1.165) is 24.2 Å². The molecule has 1 heterocycles. The highest BCUT2D eigenvalue weighted by Gasteiger charge is 2.17. The summed E-state index contributed by atoms with van der Waals surface area (Å²) < 4.78 is 5.15. The first-order valence-electron chi connectivity index (χ1n) is 9.25. The second-order valence-corrected chi connectivity index (χ2v) is 6.63. The second-order valence-electron chi connectivity index (χ2n) is 6.63. The van der Waals surface area contributed by atoms with Crippen LogP contribution in [0.3, 0.4) is 0 Å². The zero-order valence-corrected chi connectivity index (χ0v) is 15.2. The number of anilines is 1. The highest BCUT2D eigenvalue weighted by atomic mass is 16.5. The molecule has 0 aliphatic heterocycles. The first-order chi connectivity index (χ1) is 12.7. The fourth-order valence-electron chi connectivity index (χ4n) is 3.18. The first-order valence-corrected chi connectivity index (χ1v) is 9.25. The molecule has 1 aliphatic rings. The van der Waals surface area contributed by atoms with Crippen molar-refractivity contribution in [2.75, 3.05) is 12.4 Å². The molecule has 1 saturated carbocycles. The lowest BCUT2D eigenvalue weighted by Gasteiger charge is -2.16. The summed E-state index contributed by atoms with van der Waals surface area (Å²) >= 11 is 0. The third-order valence-corrected chi connectivity index (χ3v) is 4.69. The third-order valence-electron chi connectivity index (χ3n) is 4.69. The predicted molar refractivity (Wildman–Crippen MR) is 101 cm³/mol. The van der Waals surface area contributed by atoms with E-state index in [1.807, 2.05) is 24.3 Å². The first kappa shape index (κ1) is 18.2. The van der Waals surface area contributed by atoms with Crippen LogP contribution in [0, 0.1) is 0 Å². The molecule has 0 spiro atoms. The minimum absolute atomic E-state index is 0.119. The number of ether oxygens (including phenoxy) is 1. The van der Waals surface area contributed by atoms with E-state index in [4.69, 9.17) is 4.74 Å². The molecule has 0 unspecified atom stereocenters. The molecule has 0 atom stereocenters. The van der Waals surface area contributed by atoms with Crippen LogP contribution < -0.4 is 15.4 Å². The fourth-order valence-corrected chi connectivity index (χ4v) is 3.18. The number of carbonyl (C=O) groups is 1. The Morgan fingerprint density at radius 1 is 1.12 bits per heavy atom. The van der Waals surface area contributed by atoms with Crippen molar-refractivity contribution in [2.45, 2.75) is 51.1 Å². The number of hydrogen-bond donors (Lipinski definition) is 2. The van der Waals surface area contributed by atoms with Crippen molar-refractivity contribution in [1.29, 1.82) is 0 Å². The van der Waals surface area contributed by atoms with Crippen LogP contribution >= 0.6 is 0 Å². The Kier molecular flexibility index (Phi) is 6.41. The molecular formula is C20H26N4O2. The summed E-state index contributed by atoms with van der Waals surface area (Å²) in [5.74, 6) is 1.16. The van der Waals surface area contributed by atoms with E-state index >= 15 is 0 Å². The number of amides is 1. The lowest BCUT2D eigenvalue weighted by Crippen LogP contribution is -2.35. The summed E-state index contributed by atoms with van der Waals surface area (Å²) in [7, 11) is 1.65. The molecule has 2 N–H and O–H groups in total. The van der Waals surface area contributed by atoms with Crippen molar-refractivity contribution in [3.8, 4) is 5.75 Å². The summed E-state index contributed by atoms with van der Waals surface area (Å²) in [6.07, 6.45) is 8.62. The maximum atomic E-state index is 12.5. The molecule has 26 heavy (non-hydrogen) atoms.